The number of benzene rings is 2. The van der Waals surface area contributed by atoms with E-state index in [0.29, 0.717) is 5.50 Å². The normalized spacial score (nSPS) is 11.8. The monoisotopic (exact) mass is 330 g/mol. The van der Waals surface area contributed by atoms with Crippen LogP contribution >= 0.6 is 15.5 Å². The molecule has 22 heavy (non-hydrogen) atoms. The molecule has 0 fully saturated rings. The molecule has 0 radical (unpaired) electrons. The average Bonchev–Trinajstić information content (AvgIpc) is 2.99. The van der Waals surface area contributed by atoms with Gasteiger partial charge in [-0.05, 0) is 22.7 Å². The summed E-state index contributed by atoms with van der Waals surface area (Å²) in [5.41, 5.74) is -0.0174. The number of furan rings is 1. The van der Waals surface area contributed by atoms with Gasteiger partial charge in [-0.25, -0.2) is 0 Å². The first kappa shape index (κ1) is 15.2. The summed E-state index contributed by atoms with van der Waals surface area (Å²) < 4.78 is 16.5. The van der Waals surface area contributed by atoms with E-state index in [1.807, 2.05) is 60.7 Å². The maximum atomic E-state index is 11.1. The molecule has 0 saturated carbocycles. The van der Waals surface area contributed by atoms with Gasteiger partial charge in [-0.1, -0.05) is 60.7 Å². The van der Waals surface area contributed by atoms with E-state index in [-0.39, 0.29) is 0 Å². The third-order valence-electron chi connectivity index (χ3n) is 3.10. The Labute approximate surface area is 129 Å². The zero-order valence-corrected chi connectivity index (χ0v) is 13.2. The second kappa shape index (κ2) is 6.20. The van der Waals surface area contributed by atoms with Crippen molar-refractivity contribution in [3.8, 4) is 0 Å². The third kappa shape index (κ3) is 3.21. The van der Waals surface area contributed by atoms with Crippen LogP contribution in [0.15, 0.2) is 77.2 Å². The number of rotatable bonds is 4. The van der Waals surface area contributed by atoms with Crippen molar-refractivity contribution in [3.63, 3.8) is 0 Å². The van der Waals surface area contributed by atoms with E-state index >= 15 is 0 Å². The lowest BCUT2D eigenvalue weighted by molar-refractivity contribution is -0.309. The van der Waals surface area contributed by atoms with Gasteiger partial charge in [0, 0.05) is 15.5 Å². The minimum Gasteiger partial charge on any atom is -0.805 e. The van der Waals surface area contributed by atoms with Crippen molar-refractivity contribution >= 4 is 37.1 Å². The summed E-state index contributed by atoms with van der Waals surface area (Å²) in [6.07, 6.45) is 0. The van der Waals surface area contributed by atoms with E-state index in [4.69, 9.17) is 4.42 Å². The molecule has 0 bridgehead atoms. The zero-order valence-electron chi connectivity index (χ0n) is 11.5. The van der Waals surface area contributed by atoms with Gasteiger partial charge in [0.2, 0.25) is 0 Å². The summed E-state index contributed by atoms with van der Waals surface area (Å²) in [7, 11) is -5.91. The molecule has 4 nitrogen and oxygen atoms in total. The molecule has 1 heterocycles. The molecule has 2 aromatic carbocycles. The van der Waals surface area contributed by atoms with Gasteiger partial charge in [0.05, 0.1) is 0 Å². The van der Waals surface area contributed by atoms with Gasteiger partial charge in [0.15, 0.2) is 0 Å². The Balaban J connectivity index is 2.11. The summed E-state index contributed by atoms with van der Waals surface area (Å²) >= 11 is 0. The van der Waals surface area contributed by atoms with Crippen LogP contribution in [0.1, 0.15) is 0 Å². The fourth-order valence-electron chi connectivity index (χ4n) is 2.14. The zero-order chi connectivity index (χ0) is 15.6. The first-order chi connectivity index (χ1) is 10.6. The van der Waals surface area contributed by atoms with E-state index < -0.39 is 21.0 Å². The molecule has 0 amide bonds. The van der Waals surface area contributed by atoms with Crippen LogP contribution < -0.4 is 31.4 Å². The minimum absolute atomic E-state index is 0.495. The summed E-state index contributed by atoms with van der Waals surface area (Å²) in [4.78, 5) is 22.3. The molecule has 0 unspecified atom stereocenters. The highest BCUT2D eigenvalue weighted by Crippen LogP contribution is 2.34. The van der Waals surface area contributed by atoms with Gasteiger partial charge < -0.3 is 18.8 Å². The van der Waals surface area contributed by atoms with Crippen LogP contribution in [-0.2, 0) is 4.57 Å². The van der Waals surface area contributed by atoms with Crippen molar-refractivity contribution in [2.24, 2.45) is 0 Å². The Morgan fingerprint density at radius 3 is 1.68 bits per heavy atom. The van der Waals surface area contributed by atoms with Crippen LogP contribution in [0.4, 0.5) is 0 Å². The van der Waals surface area contributed by atoms with E-state index in [0.717, 1.165) is 10.6 Å². The van der Waals surface area contributed by atoms with E-state index in [9.17, 15) is 14.4 Å². The Bertz CT molecular complexity index is 754. The molecular weight excluding hydrogens is 318 g/mol. The molecule has 0 saturated heterocycles. The van der Waals surface area contributed by atoms with Crippen LogP contribution in [0, 0.1) is 0 Å². The summed E-state index contributed by atoms with van der Waals surface area (Å²) in [6.45, 7) is 0. The highest BCUT2D eigenvalue weighted by molar-refractivity contribution is 7.79. The lowest BCUT2D eigenvalue weighted by atomic mass is 10.4. The Kier molecular flexibility index (Phi) is 4.28. The van der Waals surface area contributed by atoms with Crippen LogP contribution in [0.5, 0.6) is 0 Å². The van der Waals surface area contributed by atoms with Gasteiger partial charge in [-0.3, -0.25) is 0 Å². The predicted molar refractivity (Wildman–Crippen MR) is 84.7 cm³/mol. The molecular formula is C16H12O4P2-2. The van der Waals surface area contributed by atoms with Crippen molar-refractivity contribution in [2.75, 3.05) is 0 Å². The summed E-state index contributed by atoms with van der Waals surface area (Å²) in [5, 5.41) is 2.05. The second-order valence-electron chi connectivity index (χ2n) is 4.62. The van der Waals surface area contributed by atoms with Crippen LogP contribution in [0.25, 0.3) is 0 Å². The van der Waals surface area contributed by atoms with E-state index in [2.05, 4.69) is 0 Å². The van der Waals surface area contributed by atoms with Gasteiger partial charge in [-0.15, -0.1) is 0 Å². The quantitative estimate of drug-likeness (QED) is 0.656. The second-order valence-corrected chi connectivity index (χ2v) is 8.20. The van der Waals surface area contributed by atoms with Crippen LogP contribution in [0.2, 0.25) is 0 Å². The van der Waals surface area contributed by atoms with Crippen molar-refractivity contribution < 1.29 is 18.8 Å². The molecule has 0 spiro atoms. The molecule has 6 heteroatoms. The first-order valence-corrected chi connectivity index (χ1v) is 9.47. The molecule has 0 aliphatic carbocycles. The smallest absolute Gasteiger partial charge is 0.135 e. The standard InChI is InChI=1S/C16H14O4P2/c17-22(18,19)16-12-11-15(20-16)21(13-7-3-1-4-8-13)14-9-5-2-6-10-14/h1-12H,(H2,17,18,19)/p-2. The van der Waals surface area contributed by atoms with Gasteiger partial charge >= 0.3 is 0 Å². The van der Waals surface area contributed by atoms with E-state index in [1.54, 1.807) is 6.07 Å². The molecule has 3 rings (SSSR count). The van der Waals surface area contributed by atoms with E-state index in [1.165, 1.54) is 6.07 Å². The Morgan fingerprint density at radius 2 is 1.27 bits per heavy atom. The molecule has 0 N–H and O–H groups in total. The average molecular weight is 330 g/mol. The number of hydrogen-bond donors (Lipinski definition) is 0. The predicted octanol–water partition coefficient (Wildman–Crippen LogP) is 0.577. The highest BCUT2D eigenvalue weighted by atomic mass is 31.2. The van der Waals surface area contributed by atoms with Crippen molar-refractivity contribution in [1.82, 2.24) is 0 Å². The largest absolute Gasteiger partial charge is 0.805 e. The topological polar surface area (TPSA) is 76.3 Å². The molecule has 1 aromatic heterocycles. The van der Waals surface area contributed by atoms with Crippen LogP contribution in [-0.4, -0.2) is 0 Å². The minimum atomic E-state index is -4.88. The maximum absolute atomic E-state index is 11.1. The fraction of sp³-hybridized carbons (Fsp3) is 0. The van der Waals surface area contributed by atoms with Gasteiger partial charge in [0.1, 0.15) is 11.0 Å². The van der Waals surface area contributed by atoms with Crippen LogP contribution in [0.3, 0.4) is 0 Å². The van der Waals surface area contributed by atoms with Crippen molar-refractivity contribution in [2.45, 2.75) is 0 Å². The molecule has 0 aliphatic rings. The maximum Gasteiger partial charge on any atom is 0.135 e. The fourth-order valence-corrected chi connectivity index (χ4v) is 4.84. The summed E-state index contributed by atoms with van der Waals surface area (Å²) in [6, 6.07) is 22.2. The molecule has 112 valence electrons. The molecule has 0 atom stereocenters. The Hall–Kier alpha value is -1.70. The molecule has 0 aliphatic heterocycles. The Morgan fingerprint density at radius 1 is 0.773 bits per heavy atom. The first-order valence-electron chi connectivity index (χ1n) is 6.58. The number of hydrogen-bond acceptors (Lipinski definition) is 4. The van der Waals surface area contributed by atoms with Crippen molar-refractivity contribution in [3.05, 3.63) is 72.8 Å². The SMILES string of the molecule is O=P([O-])([O-])c1ccc(P(c2ccccc2)c2ccccc2)o1. The lowest BCUT2D eigenvalue weighted by Gasteiger charge is -2.26. The van der Waals surface area contributed by atoms with Crippen molar-refractivity contribution in [1.29, 1.82) is 0 Å². The highest BCUT2D eigenvalue weighted by Gasteiger charge is 2.20. The summed E-state index contributed by atoms with van der Waals surface area (Å²) in [5.74, 6) is 0. The third-order valence-corrected chi connectivity index (χ3v) is 6.19. The molecule has 3 aromatic rings. The lowest BCUT2D eigenvalue weighted by Crippen LogP contribution is -2.25. The van der Waals surface area contributed by atoms with Gasteiger partial charge in [0.25, 0.3) is 0 Å². The van der Waals surface area contributed by atoms with Gasteiger partial charge in [-0.2, -0.15) is 0 Å².